The van der Waals surface area contributed by atoms with Gasteiger partial charge in [0.1, 0.15) is 0 Å². The van der Waals surface area contributed by atoms with Crippen LogP contribution in [-0.2, 0) is 0 Å². The summed E-state index contributed by atoms with van der Waals surface area (Å²) < 4.78 is 0. The summed E-state index contributed by atoms with van der Waals surface area (Å²) in [6.45, 7) is 9.37. The number of aliphatic hydroxyl groups is 1. The molecular weight excluding hydrogens is 196 g/mol. The van der Waals surface area contributed by atoms with Crippen LogP contribution in [0.2, 0.25) is 0 Å². The molecule has 0 spiro atoms. The number of rotatable bonds is 0. The fraction of sp³-hybridized carbons (Fsp3) is 1.00. The van der Waals surface area contributed by atoms with Gasteiger partial charge in [-0.3, -0.25) is 0 Å². The fourth-order valence-electron chi connectivity index (χ4n) is 5.57. The predicted molar refractivity (Wildman–Crippen MR) is 66.1 cm³/mol. The van der Waals surface area contributed by atoms with Crippen molar-refractivity contribution in [3.05, 3.63) is 0 Å². The van der Waals surface area contributed by atoms with Crippen molar-refractivity contribution < 1.29 is 5.11 Å². The van der Waals surface area contributed by atoms with Gasteiger partial charge in [-0.15, -0.1) is 0 Å². The topological polar surface area (TPSA) is 20.2 Å². The Kier molecular flexibility index (Phi) is 1.98. The molecule has 0 aromatic heterocycles. The van der Waals surface area contributed by atoms with E-state index < -0.39 is 0 Å². The molecule has 0 saturated heterocycles. The smallest absolute Gasteiger partial charge is 0.0655 e. The normalized spacial score (nSPS) is 58.7. The average molecular weight is 222 g/mol. The maximum absolute atomic E-state index is 10.6. The third kappa shape index (κ3) is 1.27. The first kappa shape index (κ1) is 11.1. The molecule has 5 unspecified atom stereocenters. The van der Waals surface area contributed by atoms with Gasteiger partial charge in [0.2, 0.25) is 0 Å². The zero-order valence-electron chi connectivity index (χ0n) is 11.2. The number of hydrogen-bond donors (Lipinski definition) is 1. The second-order valence-electron chi connectivity index (χ2n) is 8.10. The molecule has 0 amide bonds. The highest BCUT2D eigenvalue weighted by atomic mass is 16.3. The second-order valence-corrected chi connectivity index (χ2v) is 8.10. The SMILES string of the molecule is CC1(C)CC2CC(C)(O)C3CCC3(C)C2C1. The largest absolute Gasteiger partial charge is 0.390 e. The molecule has 16 heavy (non-hydrogen) atoms. The second kappa shape index (κ2) is 2.85. The summed E-state index contributed by atoms with van der Waals surface area (Å²) >= 11 is 0. The lowest BCUT2D eigenvalue weighted by molar-refractivity contribution is -0.192. The third-order valence-corrected chi connectivity index (χ3v) is 6.20. The van der Waals surface area contributed by atoms with E-state index >= 15 is 0 Å². The van der Waals surface area contributed by atoms with Gasteiger partial charge < -0.3 is 5.11 Å². The van der Waals surface area contributed by atoms with Gasteiger partial charge in [-0.1, -0.05) is 20.8 Å². The van der Waals surface area contributed by atoms with E-state index in [4.69, 9.17) is 0 Å². The molecule has 3 aliphatic carbocycles. The van der Waals surface area contributed by atoms with Crippen LogP contribution in [0.15, 0.2) is 0 Å². The molecule has 3 rings (SSSR count). The molecular formula is C15H26O. The van der Waals surface area contributed by atoms with E-state index in [1.807, 2.05) is 0 Å². The summed E-state index contributed by atoms with van der Waals surface area (Å²) in [4.78, 5) is 0. The van der Waals surface area contributed by atoms with Crippen LogP contribution in [0.5, 0.6) is 0 Å². The average Bonchev–Trinajstić information content (AvgIpc) is 2.34. The molecule has 1 nitrogen and oxygen atoms in total. The molecule has 5 atom stereocenters. The van der Waals surface area contributed by atoms with Crippen LogP contribution < -0.4 is 0 Å². The summed E-state index contributed by atoms with van der Waals surface area (Å²) in [5.41, 5.74) is 0.591. The lowest BCUT2D eigenvalue weighted by Gasteiger charge is -2.62. The van der Waals surface area contributed by atoms with Crippen molar-refractivity contribution in [3.8, 4) is 0 Å². The van der Waals surface area contributed by atoms with E-state index in [0.717, 1.165) is 18.3 Å². The first-order chi connectivity index (χ1) is 7.25. The van der Waals surface area contributed by atoms with Gasteiger partial charge in [0.05, 0.1) is 5.60 Å². The van der Waals surface area contributed by atoms with Crippen LogP contribution in [0.1, 0.15) is 59.8 Å². The molecule has 3 aliphatic rings. The number of hydrogen-bond acceptors (Lipinski definition) is 1. The van der Waals surface area contributed by atoms with Gasteiger partial charge in [0.15, 0.2) is 0 Å². The summed E-state index contributed by atoms with van der Waals surface area (Å²) in [6.07, 6.45) is 6.39. The minimum Gasteiger partial charge on any atom is -0.390 e. The molecule has 92 valence electrons. The summed E-state index contributed by atoms with van der Waals surface area (Å²) in [5, 5.41) is 10.6. The van der Waals surface area contributed by atoms with Crippen LogP contribution in [-0.4, -0.2) is 10.7 Å². The van der Waals surface area contributed by atoms with E-state index in [1.54, 1.807) is 0 Å². The molecule has 0 bridgehead atoms. The molecule has 3 saturated carbocycles. The lowest BCUT2D eigenvalue weighted by Crippen LogP contribution is -2.60. The monoisotopic (exact) mass is 222 g/mol. The standard InChI is InChI=1S/C15H26O/c1-13(2)7-10-8-15(4,16)12-5-6-14(12,3)11(10)9-13/h10-12,16H,5-9H2,1-4H3. The van der Waals surface area contributed by atoms with E-state index in [-0.39, 0.29) is 5.60 Å². The third-order valence-electron chi connectivity index (χ3n) is 6.20. The summed E-state index contributed by atoms with van der Waals surface area (Å²) in [6, 6.07) is 0. The predicted octanol–water partition coefficient (Wildman–Crippen LogP) is 3.61. The number of fused-ring (bicyclic) bond motifs is 3. The van der Waals surface area contributed by atoms with Crippen LogP contribution in [0.3, 0.4) is 0 Å². The van der Waals surface area contributed by atoms with Crippen LogP contribution in [0.25, 0.3) is 0 Å². The van der Waals surface area contributed by atoms with Gasteiger partial charge >= 0.3 is 0 Å². The fourth-order valence-corrected chi connectivity index (χ4v) is 5.57. The highest BCUT2D eigenvalue weighted by Crippen LogP contribution is 2.68. The van der Waals surface area contributed by atoms with Gasteiger partial charge in [0, 0.05) is 0 Å². The Morgan fingerprint density at radius 1 is 1.00 bits per heavy atom. The van der Waals surface area contributed by atoms with Gasteiger partial charge in [-0.25, -0.2) is 0 Å². The molecule has 0 radical (unpaired) electrons. The highest BCUT2D eigenvalue weighted by molar-refractivity contribution is 5.13. The van der Waals surface area contributed by atoms with E-state index in [2.05, 4.69) is 27.7 Å². The minimum atomic E-state index is -0.380. The maximum Gasteiger partial charge on any atom is 0.0655 e. The van der Waals surface area contributed by atoms with Gasteiger partial charge in [-0.05, 0) is 67.6 Å². The Morgan fingerprint density at radius 3 is 2.25 bits per heavy atom. The molecule has 3 fully saturated rings. The molecule has 0 aliphatic heterocycles. The summed E-state index contributed by atoms with van der Waals surface area (Å²) in [7, 11) is 0. The van der Waals surface area contributed by atoms with Crippen molar-refractivity contribution in [2.24, 2.45) is 28.6 Å². The van der Waals surface area contributed by atoms with Crippen molar-refractivity contribution in [2.75, 3.05) is 0 Å². The van der Waals surface area contributed by atoms with Crippen molar-refractivity contribution >= 4 is 0 Å². The molecule has 1 N–H and O–H groups in total. The van der Waals surface area contributed by atoms with E-state index in [0.29, 0.717) is 16.7 Å². The molecule has 0 heterocycles. The minimum absolute atomic E-state index is 0.380. The molecule has 0 aromatic carbocycles. The quantitative estimate of drug-likeness (QED) is 0.664. The summed E-state index contributed by atoms with van der Waals surface area (Å²) in [5.74, 6) is 2.25. The van der Waals surface area contributed by atoms with Gasteiger partial charge in [-0.2, -0.15) is 0 Å². The highest BCUT2D eigenvalue weighted by Gasteiger charge is 2.63. The van der Waals surface area contributed by atoms with E-state index in [1.165, 1.54) is 25.7 Å². The zero-order valence-corrected chi connectivity index (χ0v) is 11.2. The Labute approximate surface area is 99.6 Å². The van der Waals surface area contributed by atoms with Gasteiger partial charge in [0.25, 0.3) is 0 Å². The maximum atomic E-state index is 10.6. The van der Waals surface area contributed by atoms with Crippen molar-refractivity contribution in [2.45, 2.75) is 65.4 Å². The van der Waals surface area contributed by atoms with Crippen molar-refractivity contribution in [1.82, 2.24) is 0 Å². The molecule has 1 heteroatoms. The van der Waals surface area contributed by atoms with Crippen molar-refractivity contribution in [1.29, 1.82) is 0 Å². The van der Waals surface area contributed by atoms with Crippen molar-refractivity contribution in [3.63, 3.8) is 0 Å². The first-order valence-corrected chi connectivity index (χ1v) is 6.97. The molecule has 0 aromatic rings. The lowest BCUT2D eigenvalue weighted by atomic mass is 9.44. The Bertz CT molecular complexity index is 317. The Morgan fingerprint density at radius 2 is 1.69 bits per heavy atom. The zero-order chi connectivity index (χ0) is 11.8. The Hall–Kier alpha value is -0.0400. The van der Waals surface area contributed by atoms with Crippen LogP contribution in [0.4, 0.5) is 0 Å². The van der Waals surface area contributed by atoms with Crippen LogP contribution in [0, 0.1) is 28.6 Å². The first-order valence-electron chi connectivity index (χ1n) is 6.97. The Balaban J connectivity index is 1.94. The van der Waals surface area contributed by atoms with E-state index in [9.17, 15) is 5.11 Å². The van der Waals surface area contributed by atoms with Crippen LogP contribution >= 0.6 is 0 Å².